The maximum Gasteiger partial charge on any atom is 0.258 e. The van der Waals surface area contributed by atoms with Crippen LogP contribution in [-0.2, 0) is 4.79 Å². The second-order valence-corrected chi connectivity index (χ2v) is 7.14. The van der Waals surface area contributed by atoms with Crippen LogP contribution in [0.5, 0.6) is 5.75 Å². The zero-order valence-electron chi connectivity index (χ0n) is 15.3. The van der Waals surface area contributed by atoms with Gasteiger partial charge >= 0.3 is 0 Å². The van der Waals surface area contributed by atoms with Crippen LogP contribution in [-0.4, -0.2) is 32.7 Å². The maximum atomic E-state index is 12.3. The van der Waals surface area contributed by atoms with E-state index >= 15 is 0 Å². The molecule has 0 aliphatic rings. The van der Waals surface area contributed by atoms with Gasteiger partial charge in [-0.05, 0) is 60.5 Å². The zero-order chi connectivity index (χ0) is 19.4. The van der Waals surface area contributed by atoms with Crippen LogP contribution >= 0.6 is 15.9 Å². The second-order valence-electron chi connectivity index (χ2n) is 6.23. The van der Waals surface area contributed by atoms with Crippen LogP contribution in [0.2, 0.25) is 0 Å². The molecule has 1 unspecified atom stereocenters. The molecule has 1 atom stereocenters. The molecule has 1 heterocycles. The lowest BCUT2D eigenvalue weighted by atomic mass is 10.1. The molecule has 0 aliphatic heterocycles. The number of hydrogen-bond acceptors (Lipinski definition) is 5. The van der Waals surface area contributed by atoms with Gasteiger partial charge in [-0.3, -0.25) is 4.79 Å². The number of para-hydroxylation sites is 1. The Bertz CT molecular complexity index is 937. The summed E-state index contributed by atoms with van der Waals surface area (Å²) < 4.78 is 8.22. The third kappa shape index (κ3) is 4.51. The Morgan fingerprint density at radius 3 is 2.63 bits per heavy atom. The van der Waals surface area contributed by atoms with Gasteiger partial charge in [0.1, 0.15) is 5.75 Å². The first kappa shape index (κ1) is 19.0. The number of amides is 1. The van der Waals surface area contributed by atoms with Crippen LogP contribution in [0.4, 0.5) is 0 Å². The topological polar surface area (TPSA) is 81.9 Å². The summed E-state index contributed by atoms with van der Waals surface area (Å²) in [6.45, 7) is 5.66. The second kappa shape index (κ2) is 8.30. The fourth-order valence-corrected chi connectivity index (χ4v) is 3.16. The molecule has 140 valence electrons. The molecular formula is C19H20BrN5O2. The zero-order valence-corrected chi connectivity index (χ0v) is 16.9. The van der Waals surface area contributed by atoms with Crippen LogP contribution in [0.3, 0.4) is 0 Å². The van der Waals surface area contributed by atoms with Crippen LogP contribution in [0.1, 0.15) is 29.9 Å². The molecule has 27 heavy (non-hydrogen) atoms. The minimum absolute atomic E-state index is 0.0749. The van der Waals surface area contributed by atoms with Crippen molar-refractivity contribution in [3.05, 3.63) is 63.9 Å². The number of tetrazole rings is 1. The third-order valence-corrected chi connectivity index (χ3v) is 4.56. The first-order valence-corrected chi connectivity index (χ1v) is 9.27. The number of benzene rings is 2. The van der Waals surface area contributed by atoms with E-state index in [1.807, 2.05) is 63.2 Å². The average molecular weight is 430 g/mol. The van der Waals surface area contributed by atoms with Crippen molar-refractivity contribution in [1.29, 1.82) is 0 Å². The molecule has 1 aromatic heterocycles. The number of halogens is 1. The normalized spacial score (nSPS) is 11.9. The van der Waals surface area contributed by atoms with E-state index in [0.717, 1.165) is 27.0 Å². The molecule has 7 nitrogen and oxygen atoms in total. The first-order valence-electron chi connectivity index (χ1n) is 8.48. The van der Waals surface area contributed by atoms with E-state index in [1.54, 1.807) is 4.68 Å². The summed E-state index contributed by atoms with van der Waals surface area (Å²) in [5.74, 6) is 1.03. The van der Waals surface area contributed by atoms with E-state index in [1.165, 1.54) is 0 Å². The number of aromatic nitrogens is 4. The fourth-order valence-electron chi connectivity index (χ4n) is 2.77. The van der Waals surface area contributed by atoms with E-state index in [2.05, 4.69) is 36.8 Å². The Balaban J connectivity index is 1.67. The van der Waals surface area contributed by atoms with E-state index in [4.69, 9.17) is 4.74 Å². The van der Waals surface area contributed by atoms with Crippen molar-refractivity contribution in [2.75, 3.05) is 6.61 Å². The molecule has 3 rings (SSSR count). The van der Waals surface area contributed by atoms with Gasteiger partial charge < -0.3 is 10.1 Å². The van der Waals surface area contributed by atoms with Crippen molar-refractivity contribution < 1.29 is 9.53 Å². The smallest absolute Gasteiger partial charge is 0.258 e. The molecule has 0 aliphatic carbocycles. The molecule has 0 fully saturated rings. The highest BCUT2D eigenvalue weighted by atomic mass is 79.9. The van der Waals surface area contributed by atoms with Crippen molar-refractivity contribution in [1.82, 2.24) is 25.5 Å². The van der Waals surface area contributed by atoms with Crippen molar-refractivity contribution in [2.24, 2.45) is 0 Å². The Hall–Kier alpha value is -2.74. The average Bonchev–Trinajstić information content (AvgIpc) is 3.11. The van der Waals surface area contributed by atoms with Gasteiger partial charge in [0.2, 0.25) is 0 Å². The van der Waals surface area contributed by atoms with Gasteiger partial charge in [-0.1, -0.05) is 40.2 Å². The predicted molar refractivity (Wildman–Crippen MR) is 105 cm³/mol. The summed E-state index contributed by atoms with van der Waals surface area (Å²) in [4.78, 5) is 12.3. The summed E-state index contributed by atoms with van der Waals surface area (Å²) in [6, 6.07) is 13.1. The van der Waals surface area contributed by atoms with Crippen LogP contribution in [0, 0.1) is 13.8 Å². The largest absolute Gasteiger partial charge is 0.483 e. The molecule has 3 aromatic rings. The van der Waals surface area contributed by atoms with Crippen molar-refractivity contribution >= 4 is 21.8 Å². The summed E-state index contributed by atoms with van der Waals surface area (Å²) in [5, 5.41) is 14.7. The highest BCUT2D eigenvalue weighted by Gasteiger charge is 2.18. The van der Waals surface area contributed by atoms with Gasteiger partial charge in [0.05, 0.1) is 11.7 Å². The summed E-state index contributed by atoms with van der Waals surface area (Å²) in [5.41, 5.74) is 2.79. The van der Waals surface area contributed by atoms with Crippen molar-refractivity contribution in [3.8, 4) is 11.4 Å². The number of carbonyl (C=O) groups is 1. The minimum atomic E-state index is -0.381. The number of hydrogen-bond donors (Lipinski definition) is 1. The number of aryl methyl sites for hydroxylation is 2. The Morgan fingerprint density at radius 2 is 1.93 bits per heavy atom. The molecule has 1 amide bonds. The number of nitrogens with zero attached hydrogens (tertiary/aromatic N) is 4. The van der Waals surface area contributed by atoms with E-state index in [-0.39, 0.29) is 18.6 Å². The number of ether oxygens (including phenoxy) is 1. The molecule has 0 saturated heterocycles. The van der Waals surface area contributed by atoms with Crippen LogP contribution in [0.15, 0.2) is 46.9 Å². The third-order valence-electron chi connectivity index (χ3n) is 4.07. The quantitative estimate of drug-likeness (QED) is 0.649. The van der Waals surface area contributed by atoms with Gasteiger partial charge in [0, 0.05) is 4.47 Å². The molecular weight excluding hydrogens is 410 g/mol. The van der Waals surface area contributed by atoms with E-state index < -0.39 is 0 Å². The fraction of sp³-hybridized carbons (Fsp3) is 0.263. The summed E-state index contributed by atoms with van der Waals surface area (Å²) in [6.07, 6.45) is 0. The first-order chi connectivity index (χ1) is 13.0. The molecule has 0 bridgehead atoms. The maximum absolute atomic E-state index is 12.3. The standard InChI is InChI=1S/C19H20BrN5O2/c1-12-6-4-7-13(2)18(12)27-11-17(26)21-14(3)19-22-23-24-25(19)16-9-5-8-15(20)10-16/h4-10,14H,11H2,1-3H3,(H,21,26). The molecule has 2 aromatic carbocycles. The van der Waals surface area contributed by atoms with Crippen LogP contribution < -0.4 is 10.1 Å². The Kier molecular flexibility index (Phi) is 5.85. The molecule has 8 heteroatoms. The molecule has 0 saturated carbocycles. The summed E-state index contributed by atoms with van der Waals surface area (Å²) >= 11 is 3.44. The van der Waals surface area contributed by atoms with Gasteiger partial charge in [-0.25, -0.2) is 0 Å². The highest BCUT2D eigenvalue weighted by molar-refractivity contribution is 9.10. The lowest BCUT2D eigenvalue weighted by molar-refractivity contribution is -0.123. The monoisotopic (exact) mass is 429 g/mol. The number of rotatable bonds is 6. The van der Waals surface area contributed by atoms with Gasteiger partial charge in [-0.15, -0.1) is 5.10 Å². The highest BCUT2D eigenvalue weighted by Crippen LogP contribution is 2.22. The van der Waals surface area contributed by atoms with Gasteiger partial charge in [-0.2, -0.15) is 4.68 Å². The lowest BCUT2D eigenvalue weighted by Gasteiger charge is -2.15. The van der Waals surface area contributed by atoms with E-state index in [0.29, 0.717) is 5.82 Å². The minimum Gasteiger partial charge on any atom is -0.483 e. The lowest BCUT2D eigenvalue weighted by Crippen LogP contribution is -2.32. The molecule has 1 N–H and O–H groups in total. The van der Waals surface area contributed by atoms with Gasteiger partial charge in [0.15, 0.2) is 12.4 Å². The molecule has 0 radical (unpaired) electrons. The SMILES string of the molecule is Cc1cccc(C)c1OCC(=O)NC(C)c1nnnn1-c1cccc(Br)c1. The van der Waals surface area contributed by atoms with E-state index in [9.17, 15) is 4.79 Å². The predicted octanol–water partition coefficient (Wildman–Crippen LogP) is 3.30. The summed E-state index contributed by atoms with van der Waals surface area (Å²) in [7, 11) is 0. The molecule has 0 spiro atoms. The Labute approximate surface area is 165 Å². The van der Waals surface area contributed by atoms with Crippen molar-refractivity contribution in [2.45, 2.75) is 26.8 Å². The number of nitrogens with one attached hydrogen (secondary N) is 1. The number of carbonyl (C=O) groups excluding carboxylic acids is 1. The van der Waals surface area contributed by atoms with Crippen molar-refractivity contribution in [3.63, 3.8) is 0 Å². The van der Waals surface area contributed by atoms with Crippen LogP contribution in [0.25, 0.3) is 5.69 Å². The Morgan fingerprint density at radius 1 is 1.22 bits per heavy atom. The van der Waals surface area contributed by atoms with Gasteiger partial charge in [0.25, 0.3) is 5.91 Å².